The molecule has 3 aromatic rings. The number of hydrogen-bond donors (Lipinski definition) is 0. The zero-order chi connectivity index (χ0) is 13.9. The quantitative estimate of drug-likeness (QED) is 0.693. The van der Waals surface area contributed by atoms with Gasteiger partial charge in [0.1, 0.15) is 0 Å². The SMILES string of the molecule is Cc1nc(-n2cc(-c3ccccc3)cn2)ncc1CCl. The van der Waals surface area contributed by atoms with Crippen molar-refractivity contribution in [3.63, 3.8) is 0 Å². The Morgan fingerprint density at radius 2 is 1.90 bits per heavy atom. The van der Waals surface area contributed by atoms with E-state index in [1.807, 2.05) is 49.6 Å². The van der Waals surface area contributed by atoms with Crippen molar-refractivity contribution in [1.29, 1.82) is 0 Å². The lowest BCUT2D eigenvalue weighted by Crippen LogP contribution is -2.04. The third kappa shape index (κ3) is 2.42. The summed E-state index contributed by atoms with van der Waals surface area (Å²) >= 11 is 5.81. The van der Waals surface area contributed by atoms with Crippen LogP contribution in [0.5, 0.6) is 0 Å². The molecule has 0 radical (unpaired) electrons. The smallest absolute Gasteiger partial charge is 0.219 e. The van der Waals surface area contributed by atoms with Gasteiger partial charge in [0.2, 0.25) is 0 Å². The van der Waals surface area contributed by atoms with Crippen LogP contribution in [0.2, 0.25) is 0 Å². The van der Waals surface area contributed by atoms with E-state index in [9.17, 15) is 0 Å². The normalized spacial score (nSPS) is 10.7. The van der Waals surface area contributed by atoms with Crippen LogP contribution in [0.4, 0.5) is 0 Å². The molecule has 100 valence electrons. The maximum Gasteiger partial charge on any atom is 0.250 e. The molecule has 0 unspecified atom stereocenters. The van der Waals surface area contributed by atoms with Gasteiger partial charge in [0.05, 0.1) is 12.1 Å². The molecule has 0 spiro atoms. The van der Waals surface area contributed by atoms with Gasteiger partial charge in [-0.25, -0.2) is 14.6 Å². The van der Waals surface area contributed by atoms with E-state index in [1.54, 1.807) is 10.9 Å². The molecule has 2 aromatic heterocycles. The minimum absolute atomic E-state index is 0.417. The molecule has 0 aliphatic heterocycles. The van der Waals surface area contributed by atoms with Crippen LogP contribution in [0.15, 0.2) is 48.9 Å². The van der Waals surface area contributed by atoms with Crippen LogP contribution in [-0.2, 0) is 5.88 Å². The zero-order valence-electron chi connectivity index (χ0n) is 11.0. The first kappa shape index (κ1) is 12.8. The van der Waals surface area contributed by atoms with Crippen LogP contribution in [0.3, 0.4) is 0 Å². The van der Waals surface area contributed by atoms with Crippen molar-refractivity contribution in [1.82, 2.24) is 19.7 Å². The summed E-state index contributed by atoms with van der Waals surface area (Å²) in [4.78, 5) is 8.72. The topological polar surface area (TPSA) is 43.6 Å². The van der Waals surface area contributed by atoms with E-state index >= 15 is 0 Å². The van der Waals surface area contributed by atoms with Crippen LogP contribution in [0, 0.1) is 6.92 Å². The average molecular weight is 285 g/mol. The minimum atomic E-state index is 0.417. The molecular formula is C15H13ClN4. The summed E-state index contributed by atoms with van der Waals surface area (Å²) in [5.41, 5.74) is 3.97. The molecule has 3 rings (SSSR count). The highest BCUT2D eigenvalue weighted by Gasteiger charge is 2.07. The summed E-state index contributed by atoms with van der Waals surface area (Å²) in [6.07, 6.45) is 5.47. The molecule has 0 bridgehead atoms. The summed E-state index contributed by atoms with van der Waals surface area (Å²) in [5.74, 6) is 0.971. The van der Waals surface area contributed by atoms with Crippen LogP contribution < -0.4 is 0 Å². The van der Waals surface area contributed by atoms with Crippen molar-refractivity contribution < 1.29 is 0 Å². The number of rotatable bonds is 3. The molecule has 0 aliphatic carbocycles. The van der Waals surface area contributed by atoms with Gasteiger partial charge in [-0.15, -0.1) is 11.6 Å². The van der Waals surface area contributed by atoms with Crippen LogP contribution >= 0.6 is 11.6 Å². The van der Waals surface area contributed by atoms with E-state index in [-0.39, 0.29) is 0 Å². The second kappa shape index (κ2) is 5.43. The molecule has 20 heavy (non-hydrogen) atoms. The minimum Gasteiger partial charge on any atom is -0.219 e. The second-order valence-electron chi connectivity index (χ2n) is 4.45. The van der Waals surface area contributed by atoms with Gasteiger partial charge in [0.15, 0.2) is 0 Å². The summed E-state index contributed by atoms with van der Waals surface area (Å²) in [6.45, 7) is 1.92. The van der Waals surface area contributed by atoms with Gasteiger partial charge in [-0.1, -0.05) is 30.3 Å². The predicted octanol–water partition coefficient (Wildman–Crippen LogP) is 3.38. The highest BCUT2D eigenvalue weighted by molar-refractivity contribution is 6.17. The van der Waals surface area contributed by atoms with Gasteiger partial charge in [-0.3, -0.25) is 0 Å². The Labute approximate surface area is 122 Å². The summed E-state index contributed by atoms with van der Waals surface area (Å²) in [7, 11) is 0. The molecule has 0 saturated heterocycles. The highest BCUT2D eigenvalue weighted by Crippen LogP contribution is 2.19. The fraction of sp³-hybridized carbons (Fsp3) is 0.133. The number of aryl methyl sites for hydroxylation is 1. The molecule has 2 heterocycles. The summed E-state index contributed by atoms with van der Waals surface area (Å²) in [6, 6.07) is 10.1. The monoisotopic (exact) mass is 284 g/mol. The van der Waals surface area contributed by atoms with Gasteiger partial charge in [0.25, 0.3) is 5.95 Å². The Morgan fingerprint density at radius 3 is 2.60 bits per heavy atom. The maximum absolute atomic E-state index is 5.81. The average Bonchev–Trinajstić information content (AvgIpc) is 2.98. The molecule has 5 heteroatoms. The molecule has 0 amide bonds. The second-order valence-corrected chi connectivity index (χ2v) is 4.72. The Morgan fingerprint density at radius 1 is 1.10 bits per heavy atom. The first-order valence-electron chi connectivity index (χ1n) is 6.27. The van der Waals surface area contributed by atoms with Crippen molar-refractivity contribution >= 4 is 11.6 Å². The third-order valence-electron chi connectivity index (χ3n) is 3.11. The number of nitrogens with zero attached hydrogens (tertiary/aromatic N) is 4. The van der Waals surface area contributed by atoms with E-state index in [0.717, 1.165) is 22.4 Å². The van der Waals surface area contributed by atoms with Gasteiger partial charge >= 0.3 is 0 Å². The molecule has 0 atom stereocenters. The highest BCUT2D eigenvalue weighted by atomic mass is 35.5. The molecule has 0 saturated carbocycles. The first-order valence-corrected chi connectivity index (χ1v) is 6.80. The Hall–Kier alpha value is -2.20. The van der Waals surface area contributed by atoms with E-state index in [4.69, 9.17) is 11.6 Å². The van der Waals surface area contributed by atoms with Gasteiger partial charge in [-0.05, 0) is 12.5 Å². The largest absolute Gasteiger partial charge is 0.250 e. The summed E-state index contributed by atoms with van der Waals surface area (Å²) < 4.78 is 1.67. The number of benzene rings is 1. The predicted molar refractivity (Wildman–Crippen MR) is 78.9 cm³/mol. The van der Waals surface area contributed by atoms with Crippen LogP contribution in [0.25, 0.3) is 17.1 Å². The van der Waals surface area contributed by atoms with E-state index in [1.165, 1.54) is 0 Å². The molecule has 1 aromatic carbocycles. The molecule has 0 N–H and O–H groups in total. The molecule has 0 aliphatic rings. The van der Waals surface area contributed by atoms with Crippen molar-refractivity contribution in [3.8, 4) is 17.1 Å². The molecule has 4 nitrogen and oxygen atoms in total. The number of alkyl halides is 1. The Kier molecular flexibility index (Phi) is 3.48. The zero-order valence-corrected chi connectivity index (χ0v) is 11.7. The lowest BCUT2D eigenvalue weighted by molar-refractivity contribution is 0.796. The fourth-order valence-electron chi connectivity index (χ4n) is 1.93. The number of aromatic nitrogens is 4. The fourth-order valence-corrected chi connectivity index (χ4v) is 2.20. The van der Waals surface area contributed by atoms with Crippen LogP contribution in [0.1, 0.15) is 11.3 Å². The number of halogens is 1. The first-order chi connectivity index (χ1) is 9.78. The number of hydrogen-bond acceptors (Lipinski definition) is 3. The third-order valence-corrected chi connectivity index (χ3v) is 3.39. The molecule has 0 fully saturated rings. The summed E-state index contributed by atoms with van der Waals surface area (Å²) in [5, 5.41) is 4.32. The van der Waals surface area contributed by atoms with Gasteiger partial charge < -0.3 is 0 Å². The van der Waals surface area contributed by atoms with E-state index in [0.29, 0.717) is 11.8 Å². The van der Waals surface area contributed by atoms with Crippen LogP contribution in [-0.4, -0.2) is 19.7 Å². The van der Waals surface area contributed by atoms with Gasteiger partial charge in [-0.2, -0.15) is 5.10 Å². The molecular weight excluding hydrogens is 272 g/mol. The maximum atomic E-state index is 5.81. The Balaban J connectivity index is 1.96. The van der Waals surface area contributed by atoms with E-state index < -0.39 is 0 Å². The van der Waals surface area contributed by atoms with Crippen molar-refractivity contribution in [2.45, 2.75) is 12.8 Å². The standard InChI is InChI=1S/C15H13ClN4/c1-11-13(7-16)8-17-15(19-11)20-10-14(9-18-20)12-5-3-2-4-6-12/h2-6,8-10H,7H2,1H3. The van der Waals surface area contributed by atoms with E-state index in [2.05, 4.69) is 15.1 Å². The lowest BCUT2D eigenvalue weighted by Gasteiger charge is -2.03. The van der Waals surface area contributed by atoms with Crippen molar-refractivity contribution in [2.75, 3.05) is 0 Å². The van der Waals surface area contributed by atoms with Crippen molar-refractivity contribution in [2.24, 2.45) is 0 Å². The van der Waals surface area contributed by atoms with Gasteiger partial charge in [0, 0.05) is 29.2 Å². The van der Waals surface area contributed by atoms with Crippen molar-refractivity contribution in [3.05, 3.63) is 60.2 Å². The Bertz CT molecular complexity index is 722. The lowest BCUT2D eigenvalue weighted by atomic mass is 10.1.